The first-order valence-corrected chi connectivity index (χ1v) is 10.6. The molecule has 0 amide bonds. The van der Waals surface area contributed by atoms with Crippen LogP contribution in [-0.2, 0) is 6.54 Å². The third-order valence-corrected chi connectivity index (χ3v) is 5.97. The standard InChI is InChI=1S/C24H23BrN4/c1-16-24(17(2)29(28-16)23-8-4-7-21(25)13-23)20-9-10-22(12-20)27-15-19-6-3-5-18(11-19)14-26/h3-11,13,20,22,27H,12,15H2,1-2H3. The highest BCUT2D eigenvalue weighted by atomic mass is 79.9. The van der Waals surface area contributed by atoms with E-state index in [1.807, 2.05) is 35.0 Å². The van der Waals surface area contributed by atoms with Crippen molar-refractivity contribution in [3.63, 3.8) is 0 Å². The maximum absolute atomic E-state index is 9.06. The molecule has 2 aromatic carbocycles. The van der Waals surface area contributed by atoms with Gasteiger partial charge in [0.15, 0.2) is 0 Å². The first-order chi connectivity index (χ1) is 14.0. The zero-order valence-corrected chi connectivity index (χ0v) is 18.1. The highest BCUT2D eigenvalue weighted by Gasteiger charge is 2.26. The highest BCUT2D eigenvalue weighted by Crippen LogP contribution is 2.34. The molecule has 4 rings (SSSR count). The van der Waals surface area contributed by atoms with Crippen LogP contribution in [0, 0.1) is 25.2 Å². The Balaban J connectivity index is 1.47. The molecule has 0 radical (unpaired) electrons. The van der Waals surface area contributed by atoms with Crippen LogP contribution in [0.2, 0.25) is 0 Å². The number of benzene rings is 2. The number of allylic oxidation sites excluding steroid dienone is 1. The van der Waals surface area contributed by atoms with Gasteiger partial charge < -0.3 is 5.32 Å². The van der Waals surface area contributed by atoms with Crippen molar-refractivity contribution in [3.05, 3.63) is 93.2 Å². The monoisotopic (exact) mass is 446 g/mol. The Morgan fingerprint density at radius 2 is 2.00 bits per heavy atom. The summed E-state index contributed by atoms with van der Waals surface area (Å²) in [5.74, 6) is 0.360. The van der Waals surface area contributed by atoms with Gasteiger partial charge in [-0.2, -0.15) is 10.4 Å². The van der Waals surface area contributed by atoms with E-state index in [2.05, 4.69) is 71.5 Å². The number of hydrogen-bond acceptors (Lipinski definition) is 3. The minimum Gasteiger partial charge on any atom is -0.306 e. The molecular weight excluding hydrogens is 424 g/mol. The van der Waals surface area contributed by atoms with Gasteiger partial charge in [0.2, 0.25) is 0 Å². The molecule has 146 valence electrons. The molecule has 0 spiro atoms. The average Bonchev–Trinajstić information content (AvgIpc) is 3.30. The molecule has 2 atom stereocenters. The Bertz CT molecular complexity index is 1110. The molecule has 0 bridgehead atoms. The predicted octanol–water partition coefficient (Wildman–Crippen LogP) is 5.33. The lowest BCUT2D eigenvalue weighted by Crippen LogP contribution is -2.25. The van der Waals surface area contributed by atoms with E-state index in [4.69, 9.17) is 10.4 Å². The molecule has 5 heteroatoms. The van der Waals surface area contributed by atoms with E-state index >= 15 is 0 Å². The van der Waals surface area contributed by atoms with E-state index < -0.39 is 0 Å². The van der Waals surface area contributed by atoms with E-state index in [1.165, 1.54) is 11.3 Å². The van der Waals surface area contributed by atoms with E-state index in [0.29, 0.717) is 17.5 Å². The molecule has 4 nitrogen and oxygen atoms in total. The lowest BCUT2D eigenvalue weighted by atomic mass is 9.96. The van der Waals surface area contributed by atoms with Gasteiger partial charge in [-0.05, 0) is 56.2 Å². The fourth-order valence-electron chi connectivity index (χ4n) is 4.11. The van der Waals surface area contributed by atoms with E-state index in [9.17, 15) is 0 Å². The molecule has 0 saturated carbocycles. The molecule has 1 aliphatic rings. The van der Waals surface area contributed by atoms with Crippen molar-refractivity contribution in [1.29, 1.82) is 5.26 Å². The van der Waals surface area contributed by atoms with Crippen LogP contribution in [0.25, 0.3) is 5.69 Å². The summed E-state index contributed by atoms with van der Waals surface area (Å²) < 4.78 is 3.09. The number of nitrogens with zero attached hydrogens (tertiary/aromatic N) is 3. The molecule has 2 unspecified atom stereocenters. The molecule has 0 saturated heterocycles. The second-order valence-electron chi connectivity index (χ2n) is 7.50. The van der Waals surface area contributed by atoms with Crippen molar-refractivity contribution in [3.8, 4) is 11.8 Å². The van der Waals surface area contributed by atoms with Crippen LogP contribution in [0.15, 0.2) is 65.2 Å². The predicted molar refractivity (Wildman–Crippen MR) is 119 cm³/mol. The normalized spacial score (nSPS) is 18.1. The largest absolute Gasteiger partial charge is 0.306 e. The van der Waals surface area contributed by atoms with Gasteiger partial charge in [0.25, 0.3) is 0 Å². The maximum Gasteiger partial charge on any atom is 0.0991 e. The summed E-state index contributed by atoms with van der Waals surface area (Å²) in [5, 5.41) is 17.5. The average molecular weight is 447 g/mol. The van der Waals surface area contributed by atoms with Crippen LogP contribution >= 0.6 is 15.9 Å². The SMILES string of the molecule is Cc1nn(-c2cccc(Br)c2)c(C)c1C1C=CC(NCc2cccc(C#N)c2)C1. The second kappa shape index (κ2) is 8.36. The summed E-state index contributed by atoms with van der Waals surface area (Å²) in [4.78, 5) is 0. The number of halogens is 1. The molecule has 1 N–H and O–H groups in total. The zero-order valence-electron chi connectivity index (χ0n) is 16.6. The summed E-state index contributed by atoms with van der Waals surface area (Å²) in [6.45, 7) is 5.00. The smallest absolute Gasteiger partial charge is 0.0991 e. The second-order valence-corrected chi connectivity index (χ2v) is 8.42. The molecule has 0 aliphatic heterocycles. The molecule has 29 heavy (non-hydrogen) atoms. The lowest BCUT2D eigenvalue weighted by molar-refractivity contribution is 0.559. The minimum atomic E-state index is 0.318. The van der Waals surface area contributed by atoms with Crippen molar-refractivity contribution < 1.29 is 0 Å². The van der Waals surface area contributed by atoms with Crippen LogP contribution in [-0.4, -0.2) is 15.8 Å². The third-order valence-electron chi connectivity index (χ3n) is 5.48. The molecular formula is C24H23BrN4. The van der Waals surface area contributed by atoms with Crippen LogP contribution in [0.3, 0.4) is 0 Å². The van der Waals surface area contributed by atoms with Crippen molar-refractivity contribution in [1.82, 2.24) is 15.1 Å². The Morgan fingerprint density at radius 1 is 1.17 bits per heavy atom. The topological polar surface area (TPSA) is 53.6 Å². The van der Waals surface area contributed by atoms with Gasteiger partial charge in [-0.1, -0.05) is 46.3 Å². The Kier molecular flexibility index (Phi) is 5.66. The summed E-state index contributed by atoms with van der Waals surface area (Å²) in [6, 6.07) is 18.5. The summed E-state index contributed by atoms with van der Waals surface area (Å²) in [7, 11) is 0. The van der Waals surface area contributed by atoms with Crippen LogP contribution in [0.1, 0.15) is 40.4 Å². The molecule has 3 aromatic rings. The first kappa shape index (κ1) is 19.6. The van der Waals surface area contributed by atoms with Crippen molar-refractivity contribution in [2.75, 3.05) is 0 Å². The Labute approximate surface area is 180 Å². The number of nitriles is 1. The highest BCUT2D eigenvalue weighted by molar-refractivity contribution is 9.10. The lowest BCUT2D eigenvalue weighted by Gasteiger charge is -2.15. The summed E-state index contributed by atoms with van der Waals surface area (Å²) >= 11 is 3.55. The molecule has 0 fully saturated rings. The van der Waals surface area contributed by atoms with Gasteiger partial charge in [-0.15, -0.1) is 0 Å². The molecule has 1 aromatic heterocycles. The van der Waals surface area contributed by atoms with Gasteiger partial charge in [0.1, 0.15) is 0 Å². The summed E-state index contributed by atoms with van der Waals surface area (Å²) in [5.41, 5.74) is 6.50. The quantitative estimate of drug-likeness (QED) is 0.539. The van der Waals surface area contributed by atoms with Crippen LogP contribution in [0.4, 0.5) is 0 Å². The van der Waals surface area contributed by atoms with Gasteiger partial charge in [0.05, 0.1) is 23.0 Å². The summed E-state index contributed by atoms with van der Waals surface area (Å²) in [6.07, 6.45) is 5.57. The minimum absolute atomic E-state index is 0.318. The fourth-order valence-corrected chi connectivity index (χ4v) is 4.50. The van der Waals surface area contributed by atoms with E-state index in [-0.39, 0.29) is 0 Å². The maximum atomic E-state index is 9.06. The number of aryl methyl sites for hydroxylation is 1. The Hall–Kier alpha value is -2.68. The van der Waals surface area contributed by atoms with Crippen molar-refractivity contribution in [2.24, 2.45) is 0 Å². The van der Waals surface area contributed by atoms with Crippen LogP contribution < -0.4 is 5.32 Å². The van der Waals surface area contributed by atoms with E-state index in [0.717, 1.165) is 34.4 Å². The zero-order chi connectivity index (χ0) is 20.4. The number of aromatic nitrogens is 2. The number of nitrogens with one attached hydrogen (secondary N) is 1. The van der Waals surface area contributed by atoms with Crippen molar-refractivity contribution >= 4 is 15.9 Å². The van der Waals surface area contributed by atoms with Gasteiger partial charge in [0, 0.05) is 34.2 Å². The molecule has 1 aliphatic carbocycles. The van der Waals surface area contributed by atoms with Gasteiger partial charge in [-0.3, -0.25) is 0 Å². The van der Waals surface area contributed by atoms with Crippen LogP contribution in [0.5, 0.6) is 0 Å². The number of hydrogen-bond donors (Lipinski definition) is 1. The van der Waals surface area contributed by atoms with Gasteiger partial charge in [-0.25, -0.2) is 4.68 Å². The fraction of sp³-hybridized carbons (Fsp3) is 0.250. The third kappa shape index (κ3) is 4.19. The first-order valence-electron chi connectivity index (χ1n) is 9.78. The van der Waals surface area contributed by atoms with Gasteiger partial charge >= 0.3 is 0 Å². The van der Waals surface area contributed by atoms with Crippen molar-refractivity contribution in [2.45, 2.75) is 38.8 Å². The molecule has 1 heterocycles. The Morgan fingerprint density at radius 3 is 2.79 bits per heavy atom. The number of rotatable bonds is 5. The van der Waals surface area contributed by atoms with E-state index in [1.54, 1.807) is 0 Å².